The van der Waals surface area contributed by atoms with Crippen LogP contribution in [-0.2, 0) is 4.57 Å². The topological polar surface area (TPSA) is 181 Å². The molecule has 14 heteroatoms. The predicted octanol–water partition coefficient (Wildman–Crippen LogP) is 2.59. The van der Waals surface area contributed by atoms with Crippen LogP contribution in [0.2, 0.25) is 0 Å². The fourth-order valence-corrected chi connectivity index (χ4v) is 3.32. The van der Waals surface area contributed by atoms with Gasteiger partial charge in [0.1, 0.15) is 17.1 Å². The Morgan fingerprint density at radius 1 is 1.28 bits per heavy atom. The van der Waals surface area contributed by atoms with Gasteiger partial charge in [-0.25, -0.2) is 4.57 Å². The number of benzene rings is 1. The van der Waals surface area contributed by atoms with Crippen LogP contribution in [0.1, 0.15) is 51.5 Å². The number of aromatic hydroxyl groups is 1. The molecule has 1 amide bonds. The number of carbonyl (C=O) groups is 1. The van der Waals surface area contributed by atoms with E-state index in [1.165, 1.54) is 6.07 Å². The Kier molecular flexibility index (Phi) is 8.07. The van der Waals surface area contributed by atoms with Gasteiger partial charge in [-0.15, -0.1) is 0 Å². The van der Waals surface area contributed by atoms with Crippen molar-refractivity contribution >= 4 is 36.8 Å². The van der Waals surface area contributed by atoms with Gasteiger partial charge in [-0.05, 0) is 24.5 Å². The molecule has 0 saturated heterocycles. The Morgan fingerprint density at radius 2 is 1.97 bits per heavy atom. The van der Waals surface area contributed by atoms with Crippen LogP contribution in [0, 0.1) is 6.92 Å². The van der Waals surface area contributed by atoms with Crippen LogP contribution in [-0.4, -0.2) is 65.7 Å². The normalized spacial score (nSPS) is 11.3. The van der Waals surface area contributed by atoms with E-state index >= 15 is 0 Å². The molecule has 1 aromatic carbocycles. The molecule has 0 atom stereocenters. The zero-order valence-electron chi connectivity index (χ0n) is 19.8. The number of phenolic OH excluding ortho intramolecular Hbond substituents is 1. The maximum absolute atomic E-state index is 12.5. The fraction of sp³-hybridized carbons (Fsp3) is 0.333. The summed E-state index contributed by atoms with van der Waals surface area (Å²) in [7, 11) is -4.86. The molecule has 170 valence electrons. The molecule has 0 spiro atoms. The molecule has 0 saturated carbocycles. The van der Waals surface area contributed by atoms with Crippen molar-refractivity contribution in [1.82, 2.24) is 20.6 Å². The molecule has 0 aliphatic heterocycles. The Hall–Kier alpha value is -2.44. The van der Waals surface area contributed by atoms with E-state index in [-0.39, 0.29) is 71.9 Å². The minimum atomic E-state index is -4.86. The van der Waals surface area contributed by atoms with E-state index in [4.69, 9.17) is 13.6 Å². The van der Waals surface area contributed by atoms with Gasteiger partial charge in [0, 0.05) is 19.5 Å². The molecule has 2 heterocycles. The molecular formula is C18H23MgN4O8P. The first-order valence-electron chi connectivity index (χ1n) is 9.22. The molecular weight excluding hydrogens is 455 g/mol. The second-order valence-corrected chi connectivity index (χ2v) is 8.04. The molecule has 0 fully saturated rings. The second kappa shape index (κ2) is 10.0. The monoisotopic (exact) mass is 478 g/mol. The number of aromatic nitrogens is 3. The smallest absolute Gasteiger partial charge is 1.00 e. The zero-order chi connectivity index (χ0) is 22.9. The van der Waals surface area contributed by atoms with Crippen molar-refractivity contribution in [3.63, 3.8) is 0 Å². The summed E-state index contributed by atoms with van der Waals surface area (Å²) >= 11 is 0. The van der Waals surface area contributed by atoms with E-state index in [9.17, 15) is 24.3 Å². The van der Waals surface area contributed by atoms with Crippen molar-refractivity contribution in [3.05, 3.63) is 29.3 Å². The van der Waals surface area contributed by atoms with Crippen LogP contribution in [0.3, 0.4) is 0 Å². The molecule has 0 unspecified atom stereocenters. The number of hydrogen-bond donors (Lipinski definition) is 4. The summed E-state index contributed by atoms with van der Waals surface area (Å²) in [5.41, 5.74) is 0.458. The Balaban J connectivity index is 0.00000363. The number of aryl methyl sites for hydroxylation is 1. The van der Waals surface area contributed by atoms with Gasteiger partial charge >= 0.3 is 30.9 Å². The van der Waals surface area contributed by atoms with Crippen molar-refractivity contribution in [2.24, 2.45) is 0 Å². The summed E-state index contributed by atoms with van der Waals surface area (Å²) in [5.74, 6) is -1.16. The number of phosphoric ester groups is 1. The van der Waals surface area contributed by atoms with Crippen LogP contribution in [0.4, 0.5) is 0 Å². The number of amides is 1. The molecule has 0 aliphatic carbocycles. The number of phenols is 1. The van der Waals surface area contributed by atoms with E-state index in [1.807, 2.05) is 0 Å². The Bertz CT molecular complexity index is 1180. The molecule has 2 aromatic heterocycles. The standard InChI is InChI=1S/C18H21N4O8P.Mg.2H/c1-5-19-18(24)15-14(17-20-9(4)28-22-17)16(29-21-15)11-6-10(8(2)3)13(7-12(11)23)30-31(25,26)27;;;/h6-8,23H,5H2,1-4H3,(H,19,24)(H2,25,26,27);;;/q;+2;2*-1. The maximum Gasteiger partial charge on any atom is 2.00 e. The zero-order valence-corrected chi connectivity index (χ0v) is 20.1. The largest absolute Gasteiger partial charge is 2.00 e. The quantitative estimate of drug-likeness (QED) is 0.289. The summed E-state index contributed by atoms with van der Waals surface area (Å²) in [6.07, 6.45) is 0. The minimum Gasteiger partial charge on any atom is -1.00 e. The Labute approximate surface area is 201 Å². The first-order chi connectivity index (χ1) is 14.5. The molecule has 32 heavy (non-hydrogen) atoms. The second-order valence-electron chi connectivity index (χ2n) is 6.88. The van der Waals surface area contributed by atoms with E-state index in [1.54, 1.807) is 27.7 Å². The van der Waals surface area contributed by atoms with Gasteiger partial charge in [-0.1, -0.05) is 24.2 Å². The number of nitrogens with one attached hydrogen (secondary N) is 1. The summed E-state index contributed by atoms with van der Waals surface area (Å²) < 4.78 is 26.4. The van der Waals surface area contributed by atoms with Gasteiger partial charge < -0.3 is 26.8 Å². The average Bonchev–Trinajstić information content (AvgIpc) is 3.26. The first kappa shape index (κ1) is 25.8. The van der Waals surface area contributed by atoms with Crippen molar-refractivity contribution in [1.29, 1.82) is 0 Å². The van der Waals surface area contributed by atoms with Crippen molar-refractivity contribution < 1.29 is 40.7 Å². The average molecular weight is 479 g/mol. The number of phosphoric acid groups is 1. The molecule has 3 aromatic rings. The number of hydrogen-bond acceptors (Lipinski definition) is 9. The van der Waals surface area contributed by atoms with Gasteiger partial charge in [0.15, 0.2) is 11.5 Å². The van der Waals surface area contributed by atoms with Crippen molar-refractivity contribution in [3.8, 4) is 34.2 Å². The summed E-state index contributed by atoms with van der Waals surface area (Å²) in [6, 6.07) is 2.49. The van der Waals surface area contributed by atoms with Crippen molar-refractivity contribution in [2.75, 3.05) is 6.54 Å². The third-order valence-electron chi connectivity index (χ3n) is 4.21. The molecule has 4 N–H and O–H groups in total. The van der Waals surface area contributed by atoms with Gasteiger partial charge in [0.2, 0.25) is 11.7 Å². The molecule has 3 rings (SSSR count). The van der Waals surface area contributed by atoms with Crippen LogP contribution < -0.4 is 9.84 Å². The maximum atomic E-state index is 12.5. The third kappa shape index (κ3) is 5.48. The number of carbonyl (C=O) groups excluding carboxylic acids is 1. The van der Waals surface area contributed by atoms with E-state index in [2.05, 4.69) is 20.6 Å². The molecule has 0 bridgehead atoms. The summed E-state index contributed by atoms with van der Waals surface area (Å²) in [4.78, 5) is 34.9. The van der Waals surface area contributed by atoms with Crippen LogP contribution in [0.15, 0.2) is 21.2 Å². The van der Waals surface area contributed by atoms with E-state index in [0.29, 0.717) is 12.1 Å². The third-order valence-corrected chi connectivity index (χ3v) is 4.64. The SMILES string of the molecule is CCNC(=O)c1noc(-c2cc(C(C)C)c(OP(=O)(O)O)cc2O)c1-c1noc(C)n1.[H-].[H-].[Mg+2]. The van der Waals surface area contributed by atoms with Gasteiger partial charge in [0.25, 0.3) is 5.91 Å². The first-order valence-corrected chi connectivity index (χ1v) is 10.8. The van der Waals surface area contributed by atoms with Crippen LogP contribution in [0.25, 0.3) is 22.7 Å². The van der Waals surface area contributed by atoms with E-state index in [0.717, 1.165) is 6.07 Å². The van der Waals surface area contributed by atoms with Gasteiger partial charge in [-0.3, -0.25) is 14.6 Å². The molecule has 0 aliphatic rings. The molecule has 0 radical (unpaired) electrons. The van der Waals surface area contributed by atoms with Crippen LogP contribution in [0.5, 0.6) is 11.5 Å². The van der Waals surface area contributed by atoms with Crippen LogP contribution >= 0.6 is 7.82 Å². The number of rotatable bonds is 7. The minimum absolute atomic E-state index is 0. The Morgan fingerprint density at radius 3 is 2.50 bits per heavy atom. The molecule has 12 nitrogen and oxygen atoms in total. The predicted molar refractivity (Wildman–Crippen MR) is 114 cm³/mol. The fourth-order valence-electron chi connectivity index (χ4n) is 2.91. The van der Waals surface area contributed by atoms with Crippen molar-refractivity contribution in [2.45, 2.75) is 33.6 Å². The number of nitrogens with zero attached hydrogens (tertiary/aromatic N) is 3. The van der Waals surface area contributed by atoms with E-state index < -0.39 is 19.5 Å². The van der Waals surface area contributed by atoms with Gasteiger partial charge in [-0.2, -0.15) is 4.98 Å². The summed E-state index contributed by atoms with van der Waals surface area (Å²) in [6.45, 7) is 7.18. The van der Waals surface area contributed by atoms with Gasteiger partial charge in [0.05, 0.1) is 5.56 Å². The summed E-state index contributed by atoms with van der Waals surface area (Å²) in [5, 5.41) is 20.8.